The standard InChI is InChI=1S/C24H17ClN2O5S/c1-12-6-7-14(23(30)31)10-16(12)20-9-8-15(32-20)11-17-21(28)26-24(33)27(22(17)29)19-5-3-4-18(25)13(19)2/h3-11H,1-2H3,(H,30,31)(H,26,28,33). The van der Waals surface area contributed by atoms with Crippen LogP contribution in [-0.2, 0) is 9.59 Å². The molecule has 0 radical (unpaired) electrons. The topological polar surface area (TPSA) is 99.8 Å². The highest BCUT2D eigenvalue weighted by molar-refractivity contribution is 7.80. The number of aromatic carboxylic acids is 1. The van der Waals surface area contributed by atoms with Crippen LogP contribution in [0.2, 0.25) is 5.02 Å². The summed E-state index contributed by atoms with van der Waals surface area (Å²) < 4.78 is 5.82. The Hall–Kier alpha value is -3.75. The third-order valence-electron chi connectivity index (χ3n) is 5.25. The van der Waals surface area contributed by atoms with E-state index in [2.05, 4.69) is 5.32 Å². The lowest BCUT2D eigenvalue weighted by atomic mass is 10.0. The van der Waals surface area contributed by atoms with Gasteiger partial charge in [-0.1, -0.05) is 23.7 Å². The van der Waals surface area contributed by atoms with E-state index in [1.807, 2.05) is 6.92 Å². The third-order valence-corrected chi connectivity index (χ3v) is 5.94. The second-order valence-corrected chi connectivity index (χ2v) is 8.17. The van der Waals surface area contributed by atoms with Crippen LogP contribution in [0.25, 0.3) is 17.4 Å². The summed E-state index contributed by atoms with van der Waals surface area (Å²) in [5.74, 6) is -1.66. The van der Waals surface area contributed by atoms with Crippen molar-refractivity contribution >= 4 is 58.5 Å². The summed E-state index contributed by atoms with van der Waals surface area (Å²) >= 11 is 11.4. The van der Waals surface area contributed by atoms with Gasteiger partial charge in [0, 0.05) is 10.6 Å². The number of benzene rings is 2. The van der Waals surface area contributed by atoms with Crippen LogP contribution in [0.4, 0.5) is 5.69 Å². The minimum absolute atomic E-state index is 0.0474. The molecule has 0 atom stereocenters. The number of rotatable bonds is 4. The van der Waals surface area contributed by atoms with Crippen molar-refractivity contribution in [2.75, 3.05) is 4.90 Å². The second kappa shape index (κ2) is 8.65. The van der Waals surface area contributed by atoms with Crippen molar-refractivity contribution in [3.05, 3.63) is 81.6 Å². The minimum atomic E-state index is -1.05. The maximum absolute atomic E-state index is 13.2. The van der Waals surface area contributed by atoms with Crippen molar-refractivity contribution in [2.24, 2.45) is 0 Å². The van der Waals surface area contributed by atoms with Crippen LogP contribution in [0.1, 0.15) is 27.2 Å². The quantitative estimate of drug-likeness (QED) is 0.317. The van der Waals surface area contributed by atoms with Crippen LogP contribution in [-0.4, -0.2) is 28.0 Å². The van der Waals surface area contributed by atoms with E-state index in [1.54, 1.807) is 43.3 Å². The highest BCUT2D eigenvalue weighted by Gasteiger charge is 2.35. The fourth-order valence-corrected chi connectivity index (χ4v) is 3.90. The molecule has 2 N–H and O–H groups in total. The number of carboxylic acid groups (broad SMARTS) is 1. The molecule has 3 aromatic rings. The molecule has 0 bridgehead atoms. The predicted molar refractivity (Wildman–Crippen MR) is 128 cm³/mol. The van der Waals surface area contributed by atoms with Crippen LogP contribution >= 0.6 is 23.8 Å². The Morgan fingerprint density at radius 3 is 2.64 bits per heavy atom. The number of aryl methyl sites for hydroxylation is 1. The van der Waals surface area contributed by atoms with E-state index in [0.717, 1.165) is 5.56 Å². The SMILES string of the molecule is Cc1ccc(C(=O)O)cc1-c1ccc(C=C2C(=O)NC(=S)N(c3cccc(Cl)c3C)C2=O)o1. The van der Waals surface area contributed by atoms with E-state index in [4.69, 9.17) is 28.2 Å². The smallest absolute Gasteiger partial charge is 0.335 e. The molecule has 0 unspecified atom stereocenters. The zero-order valence-electron chi connectivity index (χ0n) is 17.5. The molecule has 1 saturated heterocycles. The van der Waals surface area contributed by atoms with Crippen LogP contribution < -0.4 is 10.2 Å². The number of anilines is 1. The maximum atomic E-state index is 13.2. The first-order valence-corrected chi connectivity index (χ1v) is 10.6. The molecule has 9 heteroatoms. The summed E-state index contributed by atoms with van der Waals surface area (Å²) in [5.41, 5.74) is 2.46. The van der Waals surface area contributed by atoms with E-state index in [9.17, 15) is 19.5 Å². The molecule has 2 amide bonds. The number of carbonyl (C=O) groups is 3. The normalized spacial score (nSPS) is 15.2. The van der Waals surface area contributed by atoms with Crippen LogP contribution in [0.15, 0.2) is 58.5 Å². The van der Waals surface area contributed by atoms with Gasteiger partial charge < -0.3 is 9.52 Å². The summed E-state index contributed by atoms with van der Waals surface area (Å²) in [6, 6.07) is 13.0. The first kappa shape index (κ1) is 22.4. The highest BCUT2D eigenvalue weighted by atomic mass is 35.5. The molecule has 1 fully saturated rings. The number of furan rings is 1. The highest BCUT2D eigenvalue weighted by Crippen LogP contribution is 2.31. The number of amides is 2. The first-order chi connectivity index (χ1) is 15.7. The number of thiocarbonyl (C=S) groups is 1. The summed E-state index contributed by atoms with van der Waals surface area (Å²) in [7, 11) is 0. The average Bonchev–Trinajstić information content (AvgIpc) is 3.22. The molecule has 1 aromatic heterocycles. The lowest BCUT2D eigenvalue weighted by Gasteiger charge is -2.30. The van der Waals surface area contributed by atoms with Crippen molar-refractivity contribution in [2.45, 2.75) is 13.8 Å². The summed E-state index contributed by atoms with van der Waals surface area (Å²) in [6.45, 7) is 3.58. The van der Waals surface area contributed by atoms with Gasteiger partial charge in [-0.2, -0.15) is 0 Å². The van der Waals surface area contributed by atoms with Gasteiger partial charge in [0.2, 0.25) is 0 Å². The van der Waals surface area contributed by atoms with Gasteiger partial charge in [0.25, 0.3) is 11.8 Å². The summed E-state index contributed by atoms with van der Waals surface area (Å²) in [6.07, 6.45) is 1.33. The lowest BCUT2D eigenvalue weighted by Crippen LogP contribution is -2.54. The van der Waals surface area contributed by atoms with Crippen molar-refractivity contribution < 1.29 is 23.9 Å². The molecule has 33 heavy (non-hydrogen) atoms. The molecule has 2 heterocycles. The van der Waals surface area contributed by atoms with E-state index < -0.39 is 17.8 Å². The predicted octanol–water partition coefficient (Wildman–Crippen LogP) is 4.75. The van der Waals surface area contributed by atoms with Gasteiger partial charge in [0.15, 0.2) is 5.11 Å². The zero-order valence-corrected chi connectivity index (χ0v) is 19.1. The Morgan fingerprint density at radius 1 is 1.15 bits per heavy atom. The van der Waals surface area contributed by atoms with Crippen molar-refractivity contribution in [3.8, 4) is 11.3 Å². The average molecular weight is 481 g/mol. The van der Waals surface area contributed by atoms with E-state index in [-0.39, 0.29) is 22.0 Å². The van der Waals surface area contributed by atoms with Crippen molar-refractivity contribution in [3.63, 3.8) is 0 Å². The van der Waals surface area contributed by atoms with E-state index in [1.165, 1.54) is 23.1 Å². The molecule has 2 aromatic carbocycles. The van der Waals surface area contributed by atoms with Gasteiger partial charge in [0.1, 0.15) is 17.1 Å². The fraction of sp³-hybridized carbons (Fsp3) is 0.0833. The number of carboxylic acids is 1. The van der Waals surface area contributed by atoms with Crippen LogP contribution in [0.3, 0.4) is 0 Å². The minimum Gasteiger partial charge on any atom is -0.478 e. The van der Waals surface area contributed by atoms with Gasteiger partial charge in [-0.3, -0.25) is 19.8 Å². The molecule has 1 aliphatic heterocycles. The summed E-state index contributed by atoms with van der Waals surface area (Å²) in [4.78, 5) is 38.3. The van der Waals surface area contributed by atoms with Crippen molar-refractivity contribution in [1.29, 1.82) is 0 Å². The summed E-state index contributed by atoms with van der Waals surface area (Å²) in [5, 5.41) is 12.2. The molecular weight excluding hydrogens is 464 g/mol. The largest absolute Gasteiger partial charge is 0.478 e. The number of hydrogen-bond donors (Lipinski definition) is 2. The van der Waals surface area contributed by atoms with Crippen molar-refractivity contribution in [1.82, 2.24) is 5.32 Å². The third kappa shape index (κ3) is 4.18. The molecule has 0 aliphatic carbocycles. The fourth-order valence-electron chi connectivity index (χ4n) is 3.45. The van der Waals surface area contributed by atoms with Crippen LogP contribution in [0, 0.1) is 13.8 Å². The van der Waals surface area contributed by atoms with E-state index in [0.29, 0.717) is 27.6 Å². The number of carbonyl (C=O) groups excluding carboxylic acids is 2. The Balaban J connectivity index is 1.72. The Morgan fingerprint density at radius 2 is 1.91 bits per heavy atom. The monoisotopic (exact) mass is 480 g/mol. The van der Waals surface area contributed by atoms with Gasteiger partial charge >= 0.3 is 5.97 Å². The van der Waals surface area contributed by atoms with Gasteiger partial charge in [-0.25, -0.2) is 4.79 Å². The zero-order chi connectivity index (χ0) is 23.9. The Kier molecular flexibility index (Phi) is 5.88. The Labute approximate surface area is 199 Å². The van der Waals surface area contributed by atoms with Gasteiger partial charge in [-0.15, -0.1) is 0 Å². The van der Waals surface area contributed by atoms with E-state index >= 15 is 0 Å². The molecular formula is C24H17ClN2O5S. The molecule has 0 saturated carbocycles. The second-order valence-electron chi connectivity index (χ2n) is 7.38. The molecule has 7 nitrogen and oxygen atoms in total. The lowest BCUT2D eigenvalue weighted by molar-refractivity contribution is -0.122. The molecule has 0 spiro atoms. The van der Waals surface area contributed by atoms with Gasteiger partial charge in [0.05, 0.1) is 11.3 Å². The number of nitrogens with zero attached hydrogens (tertiary/aromatic N) is 1. The van der Waals surface area contributed by atoms with Gasteiger partial charge in [-0.05, 0) is 79.7 Å². The maximum Gasteiger partial charge on any atom is 0.335 e. The first-order valence-electron chi connectivity index (χ1n) is 9.78. The van der Waals surface area contributed by atoms with Crippen LogP contribution in [0.5, 0.6) is 0 Å². The Bertz CT molecular complexity index is 1370. The molecule has 1 aliphatic rings. The molecule has 166 valence electrons. The number of halogens is 1. The molecule has 4 rings (SSSR count). The number of hydrogen-bond acceptors (Lipinski definition) is 5. The number of nitrogens with one attached hydrogen (secondary N) is 1.